The van der Waals surface area contributed by atoms with Crippen molar-refractivity contribution in [3.05, 3.63) is 0 Å². The van der Waals surface area contributed by atoms with Crippen LogP contribution in [0.25, 0.3) is 0 Å². The van der Waals surface area contributed by atoms with Crippen molar-refractivity contribution in [3.63, 3.8) is 0 Å². The highest BCUT2D eigenvalue weighted by molar-refractivity contribution is 6.35. The molecule has 38 heavy (non-hydrogen) atoms. The van der Waals surface area contributed by atoms with E-state index in [4.69, 9.17) is 10.5 Å². The van der Waals surface area contributed by atoms with Gasteiger partial charge in [-0.15, -0.1) is 0 Å². The molecule has 5 N–H and O–H groups in total. The molecule has 1 aliphatic rings. The number of nitrogens with two attached hydrogens (primary N) is 1. The first-order chi connectivity index (χ1) is 17.7. The van der Waals surface area contributed by atoms with Gasteiger partial charge in [0.2, 0.25) is 29.4 Å². The van der Waals surface area contributed by atoms with Crippen molar-refractivity contribution in [2.24, 2.45) is 17.6 Å². The molecule has 4 atom stereocenters. The van der Waals surface area contributed by atoms with Crippen molar-refractivity contribution >= 4 is 41.3 Å². The minimum atomic E-state index is -1.18. The largest absolute Gasteiger partial charge is 0.467 e. The molecule has 1 heterocycles. The Morgan fingerprint density at radius 3 is 2.11 bits per heavy atom. The number of carbonyl (C=O) groups excluding carboxylic acids is 7. The summed E-state index contributed by atoms with van der Waals surface area (Å²) in [6.45, 7) is 8.71. The smallest absolute Gasteiger partial charge is 0.328 e. The number of likely N-dealkylation sites (tertiary alicyclic amines) is 1. The number of hydrogen-bond donors (Lipinski definition) is 4. The SMILES string of the molecule is COC(=O)C(CC(C)C)NC(=O)C1CCCN1C(=O)C(NC(=O)C(CCC(=O)C(N)=O)NC(C)=O)C(C)C. The number of carbonyl (C=O) groups is 7. The van der Waals surface area contributed by atoms with Gasteiger partial charge in [-0.3, -0.25) is 28.8 Å². The van der Waals surface area contributed by atoms with E-state index >= 15 is 0 Å². The second-order valence-corrected chi connectivity index (χ2v) is 10.2. The number of ether oxygens (including phenoxy) is 1. The molecule has 0 bridgehead atoms. The highest BCUT2D eigenvalue weighted by atomic mass is 16.5. The number of ketones is 1. The fraction of sp³-hybridized carbons (Fsp3) is 0.720. The highest BCUT2D eigenvalue weighted by Gasteiger charge is 2.40. The van der Waals surface area contributed by atoms with Gasteiger partial charge in [-0.05, 0) is 37.5 Å². The van der Waals surface area contributed by atoms with E-state index in [0.29, 0.717) is 19.3 Å². The van der Waals surface area contributed by atoms with Crippen molar-refractivity contribution in [2.45, 2.75) is 90.9 Å². The van der Waals surface area contributed by atoms with Crippen LogP contribution in [-0.2, 0) is 38.3 Å². The minimum absolute atomic E-state index is 0.107. The maximum atomic E-state index is 13.5. The van der Waals surface area contributed by atoms with Crippen LogP contribution in [0.5, 0.6) is 0 Å². The zero-order valence-electron chi connectivity index (χ0n) is 23.0. The lowest BCUT2D eigenvalue weighted by molar-refractivity contribution is -0.147. The van der Waals surface area contributed by atoms with Gasteiger partial charge in [0.1, 0.15) is 24.2 Å². The zero-order valence-corrected chi connectivity index (χ0v) is 23.0. The van der Waals surface area contributed by atoms with Gasteiger partial charge in [-0.25, -0.2) is 4.79 Å². The first kappa shape index (κ1) is 32.5. The van der Waals surface area contributed by atoms with Crippen molar-refractivity contribution < 1.29 is 38.3 Å². The summed E-state index contributed by atoms with van der Waals surface area (Å²) in [4.78, 5) is 87.5. The maximum absolute atomic E-state index is 13.5. The Morgan fingerprint density at radius 1 is 0.974 bits per heavy atom. The molecule has 0 spiro atoms. The summed E-state index contributed by atoms with van der Waals surface area (Å²) in [5.41, 5.74) is 4.96. The molecule has 1 rings (SSSR count). The van der Waals surface area contributed by atoms with Gasteiger partial charge in [0.25, 0.3) is 5.91 Å². The van der Waals surface area contributed by atoms with Crippen LogP contribution >= 0.6 is 0 Å². The highest BCUT2D eigenvalue weighted by Crippen LogP contribution is 2.21. The van der Waals surface area contributed by atoms with Gasteiger partial charge < -0.3 is 31.3 Å². The Balaban J connectivity index is 3.04. The third-order valence-electron chi connectivity index (χ3n) is 6.21. The van der Waals surface area contributed by atoms with E-state index in [2.05, 4.69) is 16.0 Å². The predicted octanol–water partition coefficient (Wildman–Crippen LogP) is -0.839. The van der Waals surface area contributed by atoms with Gasteiger partial charge in [0.15, 0.2) is 0 Å². The normalized spacial score (nSPS) is 17.4. The molecule has 13 nitrogen and oxygen atoms in total. The average molecular weight is 540 g/mol. The third-order valence-corrected chi connectivity index (χ3v) is 6.21. The first-order valence-electron chi connectivity index (χ1n) is 12.8. The summed E-state index contributed by atoms with van der Waals surface area (Å²) in [6, 6.07) is -3.91. The lowest BCUT2D eigenvalue weighted by atomic mass is 10.00. The summed E-state index contributed by atoms with van der Waals surface area (Å²) in [6.07, 6.45) is 0.757. The average Bonchev–Trinajstić information content (AvgIpc) is 3.32. The minimum Gasteiger partial charge on any atom is -0.467 e. The Hall–Kier alpha value is -3.51. The number of nitrogens with zero attached hydrogens (tertiary/aromatic N) is 1. The van der Waals surface area contributed by atoms with Gasteiger partial charge in [-0.2, -0.15) is 0 Å². The summed E-state index contributed by atoms with van der Waals surface area (Å²) in [5, 5.41) is 7.75. The number of Topliss-reactive ketones (excluding diaryl/α,β-unsaturated/α-hetero) is 1. The lowest BCUT2D eigenvalue weighted by Crippen LogP contribution is -2.58. The second-order valence-electron chi connectivity index (χ2n) is 10.2. The van der Waals surface area contributed by atoms with Gasteiger partial charge in [-0.1, -0.05) is 27.7 Å². The number of nitrogens with one attached hydrogen (secondary N) is 3. The Kier molecular flexibility index (Phi) is 12.9. The molecule has 0 aromatic rings. The van der Waals surface area contributed by atoms with Crippen molar-refractivity contribution in [3.8, 4) is 0 Å². The fourth-order valence-electron chi connectivity index (χ4n) is 4.26. The number of amides is 5. The number of hydrogen-bond acceptors (Lipinski definition) is 8. The van der Waals surface area contributed by atoms with Crippen LogP contribution in [0.3, 0.4) is 0 Å². The van der Waals surface area contributed by atoms with E-state index in [9.17, 15) is 33.6 Å². The van der Waals surface area contributed by atoms with Gasteiger partial charge in [0, 0.05) is 19.9 Å². The molecule has 0 radical (unpaired) electrons. The van der Waals surface area contributed by atoms with Crippen LogP contribution in [0.2, 0.25) is 0 Å². The third kappa shape index (κ3) is 9.75. The summed E-state index contributed by atoms with van der Waals surface area (Å²) >= 11 is 0. The number of primary amides is 1. The Morgan fingerprint density at radius 2 is 1.61 bits per heavy atom. The summed E-state index contributed by atoms with van der Waals surface area (Å²) in [5.74, 6) is -5.12. The van der Waals surface area contributed by atoms with E-state index in [1.165, 1.54) is 18.9 Å². The van der Waals surface area contributed by atoms with Crippen LogP contribution in [0.15, 0.2) is 0 Å². The summed E-state index contributed by atoms with van der Waals surface area (Å²) < 4.78 is 4.80. The molecular weight excluding hydrogens is 498 g/mol. The lowest BCUT2D eigenvalue weighted by Gasteiger charge is -2.32. The monoisotopic (exact) mass is 539 g/mol. The topological polar surface area (TPSA) is 194 Å². The van der Waals surface area contributed by atoms with Crippen LogP contribution in [0.4, 0.5) is 0 Å². The molecular formula is C25H41N5O8. The van der Waals surface area contributed by atoms with E-state index in [0.717, 1.165) is 0 Å². The van der Waals surface area contributed by atoms with Crippen molar-refractivity contribution in [2.75, 3.05) is 13.7 Å². The van der Waals surface area contributed by atoms with E-state index in [1.807, 2.05) is 13.8 Å². The quantitative estimate of drug-likeness (QED) is 0.162. The number of methoxy groups -OCH3 is 1. The van der Waals surface area contributed by atoms with E-state index < -0.39 is 65.5 Å². The molecule has 1 fully saturated rings. The summed E-state index contributed by atoms with van der Waals surface area (Å²) in [7, 11) is 1.24. The molecule has 13 heteroatoms. The number of rotatable bonds is 14. The maximum Gasteiger partial charge on any atom is 0.328 e. The van der Waals surface area contributed by atoms with Crippen LogP contribution in [0.1, 0.15) is 66.7 Å². The van der Waals surface area contributed by atoms with Crippen molar-refractivity contribution in [1.82, 2.24) is 20.9 Å². The molecule has 5 amide bonds. The fourth-order valence-corrected chi connectivity index (χ4v) is 4.26. The first-order valence-corrected chi connectivity index (χ1v) is 12.8. The van der Waals surface area contributed by atoms with Crippen LogP contribution in [-0.4, -0.2) is 84.0 Å². The van der Waals surface area contributed by atoms with E-state index in [1.54, 1.807) is 13.8 Å². The molecule has 214 valence electrons. The molecule has 0 aromatic heterocycles. The van der Waals surface area contributed by atoms with Crippen molar-refractivity contribution in [1.29, 1.82) is 0 Å². The second kappa shape index (κ2) is 15.0. The van der Waals surface area contributed by atoms with Crippen LogP contribution < -0.4 is 21.7 Å². The van der Waals surface area contributed by atoms with Gasteiger partial charge in [0.05, 0.1) is 7.11 Å². The predicted molar refractivity (Wildman–Crippen MR) is 136 cm³/mol. The zero-order chi connectivity index (χ0) is 29.2. The standard InChI is InChI=1S/C25H41N5O8/c1-13(2)12-17(25(37)38-6)28-23(35)18-8-7-11-30(18)24(36)20(14(3)4)29-22(34)16(27-15(5)31)9-10-19(32)21(26)33/h13-14,16-18,20H,7-12H2,1-6H3,(H2,26,33)(H,27,31)(H,28,35)(H,29,34). The molecule has 0 aliphatic carbocycles. The van der Waals surface area contributed by atoms with E-state index in [-0.39, 0.29) is 31.2 Å². The van der Waals surface area contributed by atoms with Gasteiger partial charge >= 0.3 is 5.97 Å². The number of esters is 1. The van der Waals surface area contributed by atoms with Crippen LogP contribution in [0, 0.1) is 11.8 Å². The molecule has 4 unspecified atom stereocenters. The Bertz CT molecular complexity index is 919. The molecule has 1 aliphatic heterocycles. The molecule has 0 aromatic carbocycles. The molecule has 0 saturated carbocycles. The Labute approximate surface area is 222 Å². The molecule has 1 saturated heterocycles.